The Kier molecular flexibility index (Phi) is 5.29. The molecule has 2 heterocycles. The first kappa shape index (κ1) is 15.5. The molecule has 1 amide bonds. The van der Waals surface area contributed by atoms with Crippen LogP contribution in [0.3, 0.4) is 0 Å². The Balaban J connectivity index is 1.94. The van der Waals surface area contributed by atoms with Crippen molar-refractivity contribution in [1.82, 2.24) is 19.4 Å². The van der Waals surface area contributed by atoms with E-state index in [0.29, 0.717) is 45.0 Å². The van der Waals surface area contributed by atoms with Crippen molar-refractivity contribution in [3.8, 4) is 0 Å². The van der Waals surface area contributed by atoms with Gasteiger partial charge in [0.2, 0.25) is 0 Å². The number of hydrogen-bond acceptors (Lipinski definition) is 5. The standard InChI is InChI=1S/C13H21N5O3/c14-2-5-17-8-11(15-10-17)13(21)18-4-1-3-16(6-7-18)9-12(19)20/h8,10H,1-7,9,14H2,(H,19,20). The molecular weight excluding hydrogens is 274 g/mol. The van der Waals surface area contributed by atoms with E-state index >= 15 is 0 Å². The normalized spacial score (nSPS) is 16.7. The summed E-state index contributed by atoms with van der Waals surface area (Å²) < 4.78 is 1.79. The third-order valence-electron chi connectivity index (χ3n) is 3.47. The molecule has 1 fully saturated rings. The smallest absolute Gasteiger partial charge is 0.317 e. The number of aromatic nitrogens is 2. The lowest BCUT2D eigenvalue weighted by molar-refractivity contribution is -0.138. The summed E-state index contributed by atoms with van der Waals surface area (Å²) >= 11 is 0. The maximum Gasteiger partial charge on any atom is 0.317 e. The molecule has 0 aliphatic carbocycles. The zero-order valence-electron chi connectivity index (χ0n) is 11.9. The van der Waals surface area contributed by atoms with Crippen molar-refractivity contribution < 1.29 is 14.7 Å². The third kappa shape index (κ3) is 4.27. The Hall–Kier alpha value is -1.93. The van der Waals surface area contributed by atoms with Crippen molar-refractivity contribution in [2.45, 2.75) is 13.0 Å². The van der Waals surface area contributed by atoms with Crippen LogP contribution in [0.25, 0.3) is 0 Å². The maximum atomic E-state index is 12.4. The Morgan fingerprint density at radius 2 is 2.10 bits per heavy atom. The Bertz CT molecular complexity index is 502. The molecule has 1 aliphatic heterocycles. The Labute approximate surface area is 123 Å². The molecule has 8 heteroatoms. The summed E-state index contributed by atoms with van der Waals surface area (Å²) in [5, 5.41) is 8.82. The van der Waals surface area contributed by atoms with Crippen LogP contribution in [-0.2, 0) is 11.3 Å². The predicted octanol–water partition coefficient (Wildman–Crippen LogP) is -0.926. The van der Waals surface area contributed by atoms with Crippen LogP contribution >= 0.6 is 0 Å². The van der Waals surface area contributed by atoms with E-state index in [1.54, 1.807) is 22.0 Å². The van der Waals surface area contributed by atoms with Crippen LogP contribution in [-0.4, -0.2) is 75.6 Å². The number of nitrogens with two attached hydrogens (primary N) is 1. The first-order valence-electron chi connectivity index (χ1n) is 7.05. The summed E-state index contributed by atoms with van der Waals surface area (Å²) in [6, 6.07) is 0. The van der Waals surface area contributed by atoms with Gasteiger partial charge in [-0.15, -0.1) is 0 Å². The van der Waals surface area contributed by atoms with Gasteiger partial charge in [-0.1, -0.05) is 0 Å². The van der Waals surface area contributed by atoms with Crippen LogP contribution in [0.4, 0.5) is 0 Å². The Morgan fingerprint density at radius 3 is 2.81 bits per heavy atom. The van der Waals surface area contributed by atoms with Crippen molar-refractivity contribution in [1.29, 1.82) is 0 Å². The molecule has 0 unspecified atom stereocenters. The van der Waals surface area contributed by atoms with Crippen LogP contribution in [0.15, 0.2) is 12.5 Å². The quantitative estimate of drug-likeness (QED) is 0.727. The molecular formula is C13H21N5O3. The molecule has 21 heavy (non-hydrogen) atoms. The minimum atomic E-state index is -0.838. The summed E-state index contributed by atoms with van der Waals surface area (Å²) in [6.45, 7) is 3.56. The number of hydrogen-bond donors (Lipinski definition) is 2. The lowest BCUT2D eigenvalue weighted by Crippen LogP contribution is -2.36. The number of amides is 1. The van der Waals surface area contributed by atoms with Gasteiger partial charge in [-0.3, -0.25) is 14.5 Å². The van der Waals surface area contributed by atoms with Crippen molar-refractivity contribution in [3.63, 3.8) is 0 Å². The fourth-order valence-corrected chi connectivity index (χ4v) is 2.43. The van der Waals surface area contributed by atoms with Crippen LogP contribution < -0.4 is 5.73 Å². The van der Waals surface area contributed by atoms with Crippen molar-refractivity contribution >= 4 is 11.9 Å². The molecule has 0 saturated carbocycles. The number of rotatable bonds is 5. The first-order valence-corrected chi connectivity index (χ1v) is 7.05. The summed E-state index contributed by atoms with van der Waals surface area (Å²) in [5.74, 6) is -0.946. The summed E-state index contributed by atoms with van der Waals surface area (Å²) in [6.07, 6.45) is 4.08. The number of carboxylic acids is 1. The second-order valence-electron chi connectivity index (χ2n) is 5.10. The van der Waals surface area contributed by atoms with Crippen molar-refractivity contribution in [2.24, 2.45) is 5.73 Å². The van der Waals surface area contributed by atoms with Gasteiger partial charge in [0, 0.05) is 45.5 Å². The molecule has 116 valence electrons. The summed E-state index contributed by atoms with van der Waals surface area (Å²) in [4.78, 5) is 30.8. The van der Waals surface area contributed by atoms with Gasteiger partial charge in [-0.05, 0) is 6.42 Å². The minimum absolute atomic E-state index is 0.0210. The molecule has 1 aromatic rings. The molecule has 0 atom stereocenters. The topological polar surface area (TPSA) is 105 Å². The lowest BCUT2D eigenvalue weighted by atomic mass is 10.3. The second kappa shape index (κ2) is 7.19. The highest BCUT2D eigenvalue weighted by Crippen LogP contribution is 2.08. The van der Waals surface area contributed by atoms with Crippen molar-refractivity contribution in [3.05, 3.63) is 18.2 Å². The molecule has 1 aromatic heterocycles. The number of carboxylic acid groups (broad SMARTS) is 1. The van der Waals surface area contributed by atoms with Gasteiger partial charge in [0.05, 0.1) is 12.9 Å². The molecule has 0 bridgehead atoms. The third-order valence-corrected chi connectivity index (χ3v) is 3.47. The van der Waals surface area contributed by atoms with Gasteiger partial charge in [-0.2, -0.15) is 0 Å². The SMILES string of the molecule is NCCn1cnc(C(=O)N2CCCN(CC(=O)O)CC2)c1. The van der Waals surface area contributed by atoms with Crippen molar-refractivity contribution in [2.75, 3.05) is 39.3 Å². The number of carbonyl (C=O) groups excluding carboxylic acids is 1. The Morgan fingerprint density at radius 1 is 1.29 bits per heavy atom. The highest BCUT2D eigenvalue weighted by molar-refractivity contribution is 5.92. The maximum absolute atomic E-state index is 12.4. The molecule has 1 aliphatic rings. The summed E-state index contributed by atoms with van der Waals surface area (Å²) in [5.41, 5.74) is 5.88. The number of carbonyl (C=O) groups is 2. The van der Waals surface area contributed by atoms with E-state index in [1.165, 1.54) is 0 Å². The average molecular weight is 295 g/mol. The van der Waals surface area contributed by atoms with E-state index in [1.807, 2.05) is 4.90 Å². The van der Waals surface area contributed by atoms with E-state index < -0.39 is 5.97 Å². The highest BCUT2D eigenvalue weighted by atomic mass is 16.4. The molecule has 3 N–H and O–H groups in total. The monoisotopic (exact) mass is 295 g/mol. The van der Waals surface area contributed by atoms with Gasteiger partial charge in [0.15, 0.2) is 0 Å². The minimum Gasteiger partial charge on any atom is -0.480 e. The van der Waals surface area contributed by atoms with Crippen LogP contribution in [0, 0.1) is 0 Å². The fraction of sp³-hybridized carbons (Fsp3) is 0.615. The van der Waals surface area contributed by atoms with Gasteiger partial charge in [-0.25, -0.2) is 4.98 Å². The van der Waals surface area contributed by atoms with E-state index in [4.69, 9.17) is 10.8 Å². The lowest BCUT2D eigenvalue weighted by Gasteiger charge is -2.20. The van der Waals surface area contributed by atoms with Crippen LogP contribution in [0.2, 0.25) is 0 Å². The van der Waals surface area contributed by atoms with Crippen LogP contribution in [0.1, 0.15) is 16.9 Å². The van der Waals surface area contributed by atoms with Crippen LogP contribution in [0.5, 0.6) is 0 Å². The number of nitrogens with zero attached hydrogens (tertiary/aromatic N) is 4. The predicted molar refractivity (Wildman–Crippen MR) is 75.9 cm³/mol. The summed E-state index contributed by atoms with van der Waals surface area (Å²) in [7, 11) is 0. The zero-order chi connectivity index (χ0) is 15.2. The molecule has 2 rings (SSSR count). The molecule has 0 spiro atoms. The molecule has 8 nitrogen and oxygen atoms in total. The van der Waals surface area contributed by atoms with E-state index in [0.717, 1.165) is 6.42 Å². The second-order valence-corrected chi connectivity index (χ2v) is 5.10. The van der Waals surface area contributed by atoms with E-state index in [-0.39, 0.29) is 12.5 Å². The molecule has 1 saturated heterocycles. The molecule has 0 radical (unpaired) electrons. The van der Waals surface area contributed by atoms with Gasteiger partial charge in [0.1, 0.15) is 5.69 Å². The first-order chi connectivity index (χ1) is 10.1. The average Bonchev–Trinajstić information content (AvgIpc) is 2.78. The van der Waals surface area contributed by atoms with E-state index in [9.17, 15) is 9.59 Å². The van der Waals surface area contributed by atoms with Gasteiger partial charge in [0.25, 0.3) is 5.91 Å². The largest absolute Gasteiger partial charge is 0.480 e. The fourth-order valence-electron chi connectivity index (χ4n) is 2.43. The molecule has 0 aromatic carbocycles. The number of imidazole rings is 1. The highest BCUT2D eigenvalue weighted by Gasteiger charge is 2.22. The van der Waals surface area contributed by atoms with E-state index in [2.05, 4.69) is 4.98 Å². The number of aliphatic carboxylic acids is 1. The van der Waals surface area contributed by atoms with Gasteiger partial charge >= 0.3 is 5.97 Å². The van der Waals surface area contributed by atoms with Gasteiger partial charge < -0.3 is 20.3 Å². The zero-order valence-corrected chi connectivity index (χ0v) is 11.9.